The van der Waals surface area contributed by atoms with E-state index in [0.29, 0.717) is 6.61 Å². The number of thiazole rings is 1. The van der Waals surface area contributed by atoms with Crippen molar-refractivity contribution in [3.05, 3.63) is 39.7 Å². The molecule has 7 heteroatoms. The molecule has 0 radical (unpaired) electrons. The van der Waals surface area contributed by atoms with Crippen LogP contribution in [0.1, 0.15) is 53.3 Å². The summed E-state index contributed by atoms with van der Waals surface area (Å²) in [6.45, 7) is 5.16. The molecule has 0 aromatic carbocycles. The first-order valence-corrected chi connectivity index (χ1v) is 8.97. The van der Waals surface area contributed by atoms with Crippen LogP contribution in [0, 0.1) is 6.92 Å². The molecule has 1 aliphatic rings. The highest BCUT2D eigenvalue weighted by molar-refractivity contribution is 7.11. The molecule has 0 spiro atoms. The molecule has 2 aromatic rings. The lowest BCUT2D eigenvalue weighted by atomic mass is 10.2. The number of furan rings is 1. The van der Waals surface area contributed by atoms with Gasteiger partial charge in [0.05, 0.1) is 12.1 Å². The summed E-state index contributed by atoms with van der Waals surface area (Å²) in [7, 11) is 1.64. The number of aryl methyl sites for hydroxylation is 1. The van der Waals surface area contributed by atoms with E-state index in [-0.39, 0.29) is 18.1 Å². The van der Waals surface area contributed by atoms with Crippen molar-refractivity contribution in [1.29, 1.82) is 0 Å². The smallest absolute Gasteiger partial charge is 0.318 e. The highest BCUT2D eigenvalue weighted by atomic mass is 32.1. The van der Waals surface area contributed by atoms with Crippen molar-refractivity contribution < 1.29 is 13.9 Å². The number of carbonyl (C=O) groups excluding carboxylic acids is 1. The summed E-state index contributed by atoms with van der Waals surface area (Å²) in [4.78, 5) is 20.0. The average molecular weight is 349 g/mol. The van der Waals surface area contributed by atoms with Crippen LogP contribution in [0.25, 0.3) is 0 Å². The number of methoxy groups -OCH3 is 1. The summed E-state index contributed by atoms with van der Waals surface area (Å²) < 4.78 is 10.9. The molecule has 0 saturated carbocycles. The molecule has 6 nitrogen and oxygen atoms in total. The normalized spacial score (nSPS) is 18.8. The van der Waals surface area contributed by atoms with E-state index in [1.165, 1.54) is 0 Å². The van der Waals surface area contributed by atoms with E-state index < -0.39 is 0 Å². The molecule has 2 atom stereocenters. The van der Waals surface area contributed by atoms with Crippen molar-refractivity contribution in [2.24, 2.45) is 0 Å². The second kappa shape index (κ2) is 7.36. The molecule has 1 fully saturated rings. The fourth-order valence-corrected chi connectivity index (χ4v) is 3.78. The number of rotatable bonds is 5. The Hall–Kier alpha value is -1.86. The molecule has 0 unspecified atom stereocenters. The quantitative estimate of drug-likeness (QED) is 0.891. The van der Waals surface area contributed by atoms with Crippen LogP contribution >= 0.6 is 11.3 Å². The number of nitrogens with one attached hydrogen (secondary N) is 1. The molecule has 24 heavy (non-hydrogen) atoms. The van der Waals surface area contributed by atoms with Gasteiger partial charge in [-0.15, -0.1) is 11.3 Å². The van der Waals surface area contributed by atoms with Gasteiger partial charge in [-0.05, 0) is 38.8 Å². The van der Waals surface area contributed by atoms with E-state index in [9.17, 15) is 4.79 Å². The maximum absolute atomic E-state index is 12.7. The van der Waals surface area contributed by atoms with Gasteiger partial charge in [-0.3, -0.25) is 0 Å². The summed E-state index contributed by atoms with van der Waals surface area (Å²) in [5.41, 5.74) is 0. The number of aromatic nitrogens is 1. The first-order chi connectivity index (χ1) is 11.6. The van der Waals surface area contributed by atoms with Gasteiger partial charge in [-0.1, -0.05) is 0 Å². The third-order valence-corrected chi connectivity index (χ3v) is 5.26. The number of urea groups is 1. The molecule has 3 rings (SSSR count). The summed E-state index contributed by atoms with van der Waals surface area (Å²) in [6, 6.07) is 3.67. The van der Waals surface area contributed by atoms with Gasteiger partial charge in [-0.25, -0.2) is 9.78 Å². The molecule has 2 amide bonds. The number of ether oxygens (including phenoxy) is 1. The number of hydrogen-bond acceptors (Lipinski definition) is 5. The van der Waals surface area contributed by atoms with Crippen LogP contribution in [0.2, 0.25) is 0 Å². The average Bonchev–Trinajstić information content (AvgIpc) is 3.26. The molecule has 0 bridgehead atoms. The summed E-state index contributed by atoms with van der Waals surface area (Å²) in [5, 5.41) is 3.98. The molecule has 1 N–H and O–H groups in total. The Labute approximate surface area is 145 Å². The Morgan fingerprint density at radius 2 is 2.42 bits per heavy atom. The Balaban J connectivity index is 1.66. The summed E-state index contributed by atoms with van der Waals surface area (Å²) >= 11 is 1.61. The monoisotopic (exact) mass is 349 g/mol. The Kier molecular flexibility index (Phi) is 5.20. The molecule has 2 aromatic heterocycles. The van der Waals surface area contributed by atoms with Crippen molar-refractivity contribution in [3.63, 3.8) is 0 Å². The van der Waals surface area contributed by atoms with Crippen molar-refractivity contribution in [3.8, 4) is 0 Å². The lowest BCUT2D eigenvalue weighted by Crippen LogP contribution is -2.40. The fraction of sp³-hybridized carbons (Fsp3) is 0.529. The number of likely N-dealkylation sites (tertiary alicyclic amines) is 1. The largest absolute Gasteiger partial charge is 0.461 e. The number of amides is 2. The SMILES string of the molecule is COCc1ccc([C@@H]2CCCN2C(=O)N[C@@H](C)c2ncc(C)s2)o1. The zero-order valence-corrected chi connectivity index (χ0v) is 15.1. The Morgan fingerprint density at radius 3 is 3.12 bits per heavy atom. The third-order valence-electron chi connectivity index (χ3n) is 4.16. The van der Waals surface area contributed by atoms with Gasteiger partial charge < -0.3 is 19.4 Å². The van der Waals surface area contributed by atoms with E-state index in [4.69, 9.17) is 9.15 Å². The Bertz CT molecular complexity index is 697. The third kappa shape index (κ3) is 3.62. The second-order valence-electron chi connectivity index (χ2n) is 6.07. The van der Waals surface area contributed by atoms with Crippen LogP contribution in [0.3, 0.4) is 0 Å². The standard InChI is InChI=1S/C17H23N3O3S/c1-11-9-18-16(24-11)12(2)19-17(21)20-8-4-5-14(20)15-7-6-13(23-15)10-22-3/h6-7,9,12,14H,4-5,8,10H2,1-3H3,(H,19,21)/t12-,14-/m0/s1. The van der Waals surface area contributed by atoms with Gasteiger partial charge >= 0.3 is 6.03 Å². The maximum Gasteiger partial charge on any atom is 0.318 e. The highest BCUT2D eigenvalue weighted by Crippen LogP contribution is 2.33. The molecule has 130 valence electrons. The van der Waals surface area contributed by atoms with Crippen molar-refractivity contribution in [1.82, 2.24) is 15.2 Å². The van der Waals surface area contributed by atoms with Crippen LogP contribution < -0.4 is 5.32 Å². The Morgan fingerprint density at radius 1 is 1.58 bits per heavy atom. The molecule has 1 aliphatic heterocycles. The van der Waals surface area contributed by atoms with E-state index >= 15 is 0 Å². The van der Waals surface area contributed by atoms with E-state index in [2.05, 4.69) is 10.3 Å². The topological polar surface area (TPSA) is 67.6 Å². The van der Waals surface area contributed by atoms with Crippen LogP contribution in [0.5, 0.6) is 0 Å². The van der Waals surface area contributed by atoms with Crippen molar-refractivity contribution in [2.45, 2.75) is 45.4 Å². The summed E-state index contributed by atoms with van der Waals surface area (Å²) in [5.74, 6) is 1.61. The van der Waals surface area contributed by atoms with Gasteiger partial charge in [0.2, 0.25) is 0 Å². The molecule has 1 saturated heterocycles. The highest BCUT2D eigenvalue weighted by Gasteiger charge is 2.33. The minimum absolute atomic E-state index is 0.0131. The second-order valence-corrected chi connectivity index (χ2v) is 7.34. The molecule has 0 aliphatic carbocycles. The van der Waals surface area contributed by atoms with E-state index in [1.807, 2.05) is 37.1 Å². The summed E-state index contributed by atoms with van der Waals surface area (Å²) in [6.07, 6.45) is 3.72. The van der Waals surface area contributed by atoms with Gasteiger partial charge in [0, 0.05) is 24.7 Å². The van der Waals surface area contributed by atoms with Gasteiger partial charge in [0.15, 0.2) is 0 Å². The lowest BCUT2D eigenvalue weighted by molar-refractivity contribution is 0.155. The predicted octanol–water partition coefficient (Wildman–Crippen LogP) is 3.80. The minimum atomic E-state index is -0.0990. The van der Waals surface area contributed by atoms with Crippen molar-refractivity contribution >= 4 is 17.4 Å². The number of carbonyl (C=O) groups is 1. The van der Waals surface area contributed by atoms with E-state index in [1.54, 1.807) is 18.4 Å². The first-order valence-electron chi connectivity index (χ1n) is 8.15. The maximum atomic E-state index is 12.7. The van der Waals surface area contributed by atoms with Crippen LogP contribution in [-0.4, -0.2) is 29.6 Å². The lowest BCUT2D eigenvalue weighted by Gasteiger charge is -2.25. The fourth-order valence-electron chi connectivity index (χ4n) is 3.00. The minimum Gasteiger partial charge on any atom is -0.461 e. The predicted molar refractivity (Wildman–Crippen MR) is 91.9 cm³/mol. The van der Waals surface area contributed by atoms with E-state index in [0.717, 1.165) is 40.8 Å². The number of nitrogens with zero attached hydrogens (tertiary/aromatic N) is 2. The van der Waals surface area contributed by atoms with Gasteiger partial charge in [-0.2, -0.15) is 0 Å². The number of hydrogen-bond donors (Lipinski definition) is 1. The van der Waals surface area contributed by atoms with Gasteiger partial charge in [0.25, 0.3) is 0 Å². The van der Waals surface area contributed by atoms with Gasteiger partial charge in [0.1, 0.15) is 23.1 Å². The zero-order valence-electron chi connectivity index (χ0n) is 14.2. The van der Waals surface area contributed by atoms with Crippen LogP contribution in [0.4, 0.5) is 4.79 Å². The van der Waals surface area contributed by atoms with Crippen molar-refractivity contribution in [2.75, 3.05) is 13.7 Å². The first kappa shape index (κ1) is 17.0. The zero-order chi connectivity index (χ0) is 17.1. The molecular weight excluding hydrogens is 326 g/mol. The molecule has 3 heterocycles. The van der Waals surface area contributed by atoms with Crippen LogP contribution in [-0.2, 0) is 11.3 Å². The van der Waals surface area contributed by atoms with Crippen LogP contribution in [0.15, 0.2) is 22.7 Å². The molecular formula is C17H23N3O3S.